The summed E-state index contributed by atoms with van der Waals surface area (Å²) in [4.78, 5) is 10.2. The lowest BCUT2D eigenvalue weighted by atomic mass is 9.99. The Labute approximate surface area is 88.7 Å². The Hall–Kier alpha value is -1.29. The normalized spacial score (nSPS) is 9.64. The van der Waals surface area contributed by atoms with Crippen molar-refractivity contribution >= 4 is 23.8 Å². The number of benzene rings is 1. The van der Waals surface area contributed by atoms with E-state index in [4.69, 9.17) is 5.73 Å². The molecule has 0 fully saturated rings. The highest BCUT2D eigenvalue weighted by Crippen LogP contribution is 2.30. The second kappa shape index (κ2) is 4.81. The lowest BCUT2D eigenvalue weighted by molar-refractivity contribution is -0.385. The maximum absolute atomic E-state index is 10.6. The smallest absolute Gasteiger partial charge is 0.274 e. The minimum atomic E-state index is -0.397. The molecule has 0 aliphatic rings. The monoisotopic (exact) mass is 216 g/mol. The van der Waals surface area contributed by atoms with Crippen molar-refractivity contribution in [2.24, 2.45) is 0 Å². The molecule has 0 spiro atoms. The molecule has 78 valence electrons. The first-order valence-corrected chi connectivity index (χ1v) is 4.06. The zero-order valence-corrected chi connectivity index (χ0v) is 8.88. The summed E-state index contributed by atoms with van der Waals surface area (Å²) in [6.45, 7) is 3.78. The number of hydrogen-bond acceptors (Lipinski definition) is 3. The minimum Gasteiger partial charge on any atom is -0.398 e. The van der Waals surface area contributed by atoms with Crippen molar-refractivity contribution < 1.29 is 4.92 Å². The predicted molar refractivity (Wildman–Crippen MR) is 58.8 cm³/mol. The van der Waals surface area contributed by atoms with Crippen LogP contribution in [0.4, 0.5) is 11.4 Å². The zero-order chi connectivity index (χ0) is 10.0. The van der Waals surface area contributed by atoms with E-state index in [-0.39, 0.29) is 24.0 Å². The van der Waals surface area contributed by atoms with E-state index < -0.39 is 4.92 Å². The summed E-state index contributed by atoms with van der Waals surface area (Å²) in [6, 6.07) is 4.76. The number of nitrogens with two attached hydrogens (primary N) is 1. The van der Waals surface area contributed by atoms with Crippen molar-refractivity contribution in [1.82, 2.24) is 0 Å². The van der Waals surface area contributed by atoms with E-state index in [1.165, 1.54) is 6.07 Å². The number of nitro benzene ring substituents is 1. The van der Waals surface area contributed by atoms with Gasteiger partial charge < -0.3 is 5.73 Å². The van der Waals surface area contributed by atoms with Gasteiger partial charge in [-0.05, 0) is 12.0 Å². The fraction of sp³-hybridized carbons (Fsp3) is 0.333. The van der Waals surface area contributed by atoms with Gasteiger partial charge in [0.25, 0.3) is 5.69 Å². The van der Waals surface area contributed by atoms with Gasteiger partial charge in [0.1, 0.15) is 0 Å². The lowest BCUT2D eigenvalue weighted by Gasteiger charge is -2.08. The summed E-state index contributed by atoms with van der Waals surface area (Å²) in [7, 11) is 0. The molecule has 0 aliphatic carbocycles. The van der Waals surface area contributed by atoms with Crippen LogP contribution in [0.15, 0.2) is 18.2 Å². The highest BCUT2D eigenvalue weighted by molar-refractivity contribution is 5.85. The molecule has 0 aliphatic heterocycles. The third kappa shape index (κ3) is 2.35. The van der Waals surface area contributed by atoms with Gasteiger partial charge in [0, 0.05) is 11.8 Å². The van der Waals surface area contributed by atoms with E-state index in [0.717, 1.165) is 0 Å². The summed E-state index contributed by atoms with van der Waals surface area (Å²) in [5, 5.41) is 10.6. The van der Waals surface area contributed by atoms with Crippen LogP contribution in [0.25, 0.3) is 0 Å². The standard InChI is InChI=1S/C9H12N2O2.ClH/c1-6(2)9-7(10)4-3-5-8(9)11(12)13;/h3-6H,10H2,1-2H3;1H. The largest absolute Gasteiger partial charge is 0.398 e. The molecule has 2 N–H and O–H groups in total. The Kier molecular flexibility index (Phi) is 4.37. The zero-order valence-electron chi connectivity index (χ0n) is 8.06. The SMILES string of the molecule is CC(C)c1c(N)cccc1[N+](=O)[O-].Cl. The lowest BCUT2D eigenvalue weighted by Crippen LogP contribution is -2.01. The molecule has 1 aromatic carbocycles. The average molecular weight is 217 g/mol. The fourth-order valence-corrected chi connectivity index (χ4v) is 1.36. The van der Waals surface area contributed by atoms with Crippen LogP contribution in [0, 0.1) is 10.1 Å². The number of anilines is 1. The molecule has 1 aromatic rings. The van der Waals surface area contributed by atoms with Gasteiger partial charge in [-0.15, -0.1) is 12.4 Å². The quantitative estimate of drug-likeness (QED) is 0.470. The maximum atomic E-state index is 10.6. The number of halogens is 1. The van der Waals surface area contributed by atoms with Crippen molar-refractivity contribution in [2.45, 2.75) is 19.8 Å². The Bertz CT molecular complexity index is 340. The fourth-order valence-electron chi connectivity index (χ4n) is 1.36. The Balaban J connectivity index is 0.00000169. The van der Waals surface area contributed by atoms with E-state index in [1.807, 2.05) is 13.8 Å². The molecule has 0 radical (unpaired) electrons. The van der Waals surface area contributed by atoms with Gasteiger partial charge in [0.15, 0.2) is 0 Å². The molecular weight excluding hydrogens is 204 g/mol. The first-order valence-electron chi connectivity index (χ1n) is 4.06. The van der Waals surface area contributed by atoms with Crippen molar-refractivity contribution in [3.05, 3.63) is 33.9 Å². The molecule has 0 heterocycles. The molecule has 5 heteroatoms. The summed E-state index contributed by atoms with van der Waals surface area (Å²) in [6.07, 6.45) is 0. The van der Waals surface area contributed by atoms with Crippen LogP contribution in [0.1, 0.15) is 25.3 Å². The van der Waals surface area contributed by atoms with E-state index in [1.54, 1.807) is 12.1 Å². The number of nitrogen functional groups attached to an aromatic ring is 1. The average Bonchev–Trinajstić information content (AvgIpc) is 2.02. The first kappa shape index (κ1) is 12.7. The molecule has 0 saturated carbocycles. The highest BCUT2D eigenvalue weighted by atomic mass is 35.5. The molecule has 14 heavy (non-hydrogen) atoms. The molecule has 0 amide bonds. The van der Waals surface area contributed by atoms with Gasteiger partial charge in [-0.3, -0.25) is 10.1 Å². The van der Waals surface area contributed by atoms with Crippen molar-refractivity contribution in [3.8, 4) is 0 Å². The molecule has 1 rings (SSSR count). The minimum absolute atomic E-state index is 0. The van der Waals surface area contributed by atoms with Crippen LogP contribution in [0.3, 0.4) is 0 Å². The van der Waals surface area contributed by atoms with Crippen LogP contribution in [0.5, 0.6) is 0 Å². The number of nitrogens with zero attached hydrogens (tertiary/aromatic N) is 1. The second-order valence-corrected chi connectivity index (χ2v) is 3.19. The van der Waals surface area contributed by atoms with Gasteiger partial charge in [-0.1, -0.05) is 19.9 Å². The van der Waals surface area contributed by atoms with Gasteiger partial charge in [0.2, 0.25) is 0 Å². The molecule has 0 saturated heterocycles. The highest BCUT2D eigenvalue weighted by Gasteiger charge is 2.18. The van der Waals surface area contributed by atoms with Crippen LogP contribution in [0.2, 0.25) is 0 Å². The van der Waals surface area contributed by atoms with E-state index >= 15 is 0 Å². The maximum Gasteiger partial charge on any atom is 0.274 e. The summed E-state index contributed by atoms with van der Waals surface area (Å²) in [5.41, 5.74) is 6.87. The number of rotatable bonds is 2. The van der Waals surface area contributed by atoms with Crippen LogP contribution < -0.4 is 5.73 Å². The molecule has 0 unspecified atom stereocenters. The summed E-state index contributed by atoms with van der Waals surface area (Å²) < 4.78 is 0. The van der Waals surface area contributed by atoms with E-state index in [0.29, 0.717) is 11.3 Å². The molecule has 0 bridgehead atoms. The van der Waals surface area contributed by atoms with E-state index in [9.17, 15) is 10.1 Å². The second-order valence-electron chi connectivity index (χ2n) is 3.19. The van der Waals surface area contributed by atoms with Crippen molar-refractivity contribution in [2.75, 3.05) is 5.73 Å². The molecule has 0 aromatic heterocycles. The van der Waals surface area contributed by atoms with Crippen molar-refractivity contribution in [3.63, 3.8) is 0 Å². The number of nitro groups is 1. The van der Waals surface area contributed by atoms with Gasteiger partial charge in [-0.25, -0.2) is 0 Å². The Morgan fingerprint density at radius 2 is 2.00 bits per heavy atom. The van der Waals surface area contributed by atoms with Crippen LogP contribution in [-0.2, 0) is 0 Å². The van der Waals surface area contributed by atoms with Gasteiger partial charge in [-0.2, -0.15) is 0 Å². The van der Waals surface area contributed by atoms with Gasteiger partial charge >= 0.3 is 0 Å². The van der Waals surface area contributed by atoms with Crippen LogP contribution >= 0.6 is 12.4 Å². The first-order chi connectivity index (χ1) is 6.04. The summed E-state index contributed by atoms with van der Waals surface area (Å²) in [5.74, 6) is 0.0709. The Morgan fingerprint density at radius 1 is 1.43 bits per heavy atom. The Morgan fingerprint density at radius 3 is 2.36 bits per heavy atom. The third-order valence-electron chi connectivity index (χ3n) is 1.89. The third-order valence-corrected chi connectivity index (χ3v) is 1.89. The number of hydrogen-bond donors (Lipinski definition) is 1. The van der Waals surface area contributed by atoms with E-state index in [2.05, 4.69) is 0 Å². The predicted octanol–water partition coefficient (Wildman–Crippen LogP) is 2.72. The summed E-state index contributed by atoms with van der Waals surface area (Å²) >= 11 is 0. The topological polar surface area (TPSA) is 69.2 Å². The van der Waals surface area contributed by atoms with Crippen molar-refractivity contribution in [1.29, 1.82) is 0 Å². The molecular formula is C9H13ClN2O2. The van der Waals surface area contributed by atoms with Gasteiger partial charge in [0.05, 0.1) is 10.5 Å². The van der Waals surface area contributed by atoms with Crippen LogP contribution in [-0.4, -0.2) is 4.92 Å². The molecule has 4 nitrogen and oxygen atoms in total. The molecule has 0 atom stereocenters.